The fourth-order valence-electron chi connectivity index (χ4n) is 2.38. The number of halogens is 2. The molecule has 0 saturated heterocycles. The SMILES string of the molecule is O=C(CSc1cccc(NC(=O)c2cccc(Cl)c2)c1)Nc1ccc(F)cc1. The Morgan fingerprint density at radius 1 is 0.893 bits per heavy atom. The van der Waals surface area contributed by atoms with Crippen LogP contribution in [-0.4, -0.2) is 17.6 Å². The number of rotatable bonds is 6. The fraction of sp³-hybridized carbons (Fsp3) is 0.0476. The average molecular weight is 415 g/mol. The van der Waals surface area contributed by atoms with E-state index in [1.165, 1.54) is 36.0 Å². The van der Waals surface area contributed by atoms with E-state index in [9.17, 15) is 14.0 Å². The molecule has 28 heavy (non-hydrogen) atoms. The molecule has 0 aliphatic heterocycles. The van der Waals surface area contributed by atoms with Gasteiger partial charge in [0.15, 0.2) is 0 Å². The van der Waals surface area contributed by atoms with Crippen molar-refractivity contribution in [2.45, 2.75) is 4.90 Å². The molecule has 3 aromatic carbocycles. The highest BCUT2D eigenvalue weighted by Gasteiger charge is 2.08. The summed E-state index contributed by atoms with van der Waals surface area (Å²) in [7, 11) is 0. The largest absolute Gasteiger partial charge is 0.325 e. The number of carbonyl (C=O) groups is 2. The second-order valence-corrected chi connectivity index (χ2v) is 7.32. The second-order valence-electron chi connectivity index (χ2n) is 5.84. The first-order chi connectivity index (χ1) is 13.5. The van der Waals surface area contributed by atoms with E-state index in [1.54, 1.807) is 42.5 Å². The summed E-state index contributed by atoms with van der Waals surface area (Å²) in [6, 6.07) is 19.5. The summed E-state index contributed by atoms with van der Waals surface area (Å²) >= 11 is 7.25. The van der Waals surface area contributed by atoms with Crippen LogP contribution in [0, 0.1) is 5.82 Å². The Morgan fingerprint density at radius 2 is 1.64 bits per heavy atom. The van der Waals surface area contributed by atoms with E-state index < -0.39 is 0 Å². The van der Waals surface area contributed by atoms with Crippen molar-refractivity contribution in [3.8, 4) is 0 Å². The molecule has 4 nitrogen and oxygen atoms in total. The van der Waals surface area contributed by atoms with Crippen molar-refractivity contribution in [1.29, 1.82) is 0 Å². The highest BCUT2D eigenvalue weighted by Crippen LogP contribution is 2.23. The molecule has 2 amide bonds. The van der Waals surface area contributed by atoms with Crippen molar-refractivity contribution in [2.24, 2.45) is 0 Å². The average Bonchev–Trinajstić information content (AvgIpc) is 2.68. The molecule has 0 aliphatic rings. The van der Waals surface area contributed by atoms with Gasteiger partial charge in [-0.3, -0.25) is 9.59 Å². The Balaban J connectivity index is 1.56. The van der Waals surface area contributed by atoms with E-state index in [0.717, 1.165) is 4.90 Å². The Hall–Kier alpha value is -2.83. The van der Waals surface area contributed by atoms with Crippen molar-refractivity contribution in [1.82, 2.24) is 0 Å². The van der Waals surface area contributed by atoms with Crippen LogP contribution in [0.3, 0.4) is 0 Å². The summed E-state index contributed by atoms with van der Waals surface area (Å²) in [5.41, 5.74) is 1.62. The van der Waals surface area contributed by atoms with E-state index in [-0.39, 0.29) is 23.4 Å². The summed E-state index contributed by atoms with van der Waals surface area (Å²) in [4.78, 5) is 25.2. The van der Waals surface area contributed by atoms with E-state index >= 15 is 0 Å². The van der Waals surface area contributed by atoms with Gasteiger partial charge in [0.1, 0.15) is 5.82 Å². The van der Waals surface area contributed by atoms with Gasteiger partial charge in [-0.1, -0.05) is 23.7 Å². The second kappa shape index (κ2) is 9.39. The highest BCUT2D eigenvalue weighted by molar-refractivity contribution is 8.00. The number of anilines is 2. The highest BCUT2D eigenvalue weighted by atomic mass is 35.5. The maximum Gasteiger partial charge on any atom is 0.255 e. The maximum atomic E-state index is 12.9. The Bertz CT molecular complexity index is 996. The zero-order valence-electron chi connectivity index (χ0n) is 14.6. The third-order valence-electron chi connectivity index (χ3n) is 3.68. The number of hydrogen-bond donors (Lipinski definition) is 2. The topological polar surface area (TPSA) is 58.2 Å². The summed E-state index contributed by atoms with van der Waals surface area (Å²) in [6.07, 6.45) is 0. The van der Waals surface area contributed by atoms with Gasteiger partial charge in [-0.25, -0.2) is 4.39 Å². The van der Waals surface area contributed by atoms with Crippen LogP contribution in [0.25, 0.3) is 0 Å². The Kier molecular flexibility index (Phi) is 6.68. The number of benzene rings is 3. The summed E-state index contributed by atoms with van der Waals surface area (Å²) < 4.78 is 12.9. The van der Waals surface area contributed by atoms with E-state index in [1.807, 2.05) is 6.07 Å². The normalized spacial score (nSPS) is 10.4. The molecule has 0 aromatic heterocycles. The van der Waals surface area contributed by atoms with Crippen molar-refractivity contribution < 1.29 is 14.0 Å². The van der Waals surface area contributed by atoms with Crippen LogP contribution >= 0.6 is 23.4 Å². The van der Waals surface area contributed by atoms with Gasteiger partial charge in [-0.05, 0) is 60.7 Å². The number of thioether (sulfide) groups is 1. The first kappa shape index (κ1) is 19.9. The first-order valence-electron chi connectivity index (χ1n) is 8.35. The lowest BCUT2D eigenvalue weighted by Crippen LogP contribution is -2.14. The minimum absolute atomic E-state index is 0.184. The standard InChI is InChI=1S/C21H16ClFN2O2S/c22-15-4-1-3-14(11-15)21(27)25-18-5-2-6-19(12-18)28-13-20(26)24-17-9-7-16(23)8-10-17/h1-12H,13H2,(H,24,26)(H,25,27). The van der Waals surface area contributed by atoms with Crippen molar-refractivity contribution in [2.75, 3.05) is 16.4 Å². The van der Waals surface area contributed by atoms with Crippen LogP contribution in [0.4, 0.5) is 15.8 Å². The molecular weight excluding hydrogens is 399 g/mol. The molecule has 0 radical (unpaired) electrons. The molecule has 0 heterocycles. The monoisotopic (exact) mass is 414 g/mol. The number of nitrogens with one attached hydrogen (secondary N) is 2. The van der Waals surface area contributed by atoms with Crippen LogP contribution in [0.2, 0.25) is 5.02 Å². The van der Waals surface area contributed by atoms with Crippen LogP contribution < -0.4 is 10.6 Å². The molecule has 0 aliphatic carbocycles. The zero-order chi connectivity index (χ0) is 19.9. The molecule has 0 fully saturated rings. The molecule has 0 spiro atoms. The minimum Gasteiger partial charge on any atom is -0.325 e. The predicted octanol–water partition coefficient (Wildman–Crippen LogP) is 5.46. The molecule has 3 aromatic rings. The van der Waals surface area contributed by atoms with Crippen LogP contribution in [0.5, 0.6) is 0 Å². The van der Waals surface area contributed by atoms with Gasteiger partial charge in [0, 0.05) is 26.9 Å². The van der Waals surface area contributed by atoms with Crippen molar-refractivity contribution in [3.63, 3.8) is 0 Å². The van der Waals surface area contributed by atoms with E-state index in [4.69, 9.17) is 11.6 Å². The van der Waals surface area contributed by atoms with Gasteiger partial charge < -0.3 is 10.6 Å². The molecular formula is C21H16ClFN2O2S. The quantitative estimate of drug-likeness (QED) is 0.526. The van der Waals surface area contributed by atoms with E-state index in [2.05, 4.69) is 10.6 Å². The van der Waals surface area contributed by atoms with Gasteiger partial charge in [-0.2, -0.15) is 0 Å². The van der Waals surface area contributed by atoms with Crippen molar-refractivity contribution in [3.05, 3.63) is 89.2 Å². The summed E-state index contributed by atoms with van der Waals surface area (Å²) in [5, 5.41) is 6.01. The molecule has 2 N–H and O–H groups in total. The number of carbonyl (C=O) groups excluding carboxylic acids is 2. The Labute approximate surface area is 171 Å². The molecule has 0 saturated carbocycles. The summed E-state index contributed by atoms with van der Waals surface area (Å²) in [6.45, 7) is 0. The first-order valence-corrected chi connectivity index (χ1v) is 9.71. The Morgan fingerprint density at radius 3 is 2.39 bits per heavy atom. The van der Waals surface area contributed by atoms with Gasteiger partial charge in [0.25, 0.3) is 5.91 Å². The number of amides is 2. The molecule has 0 atom stereocenters. The van der Waals surface area contributed by atoms with Gasteiger partial charge in [0.05, 0.1) is 5.75 Å². The van der Waals surface area contributed by atoms with Gasteiger partial charge in [-0.15, -0.1) is 11.8 Å². The summed E-state index contributed by atoms with van der Waals surface area (Å²) in [5.74, 6) is -0.643. The third kappa shape index (κ3) is 5.84. The van der Waals surface area contributed by atoms with Gasteiger partial charge >= 0.3 is 0 Å². The minimum atomic E-state index is -0.357. The van der Waals surface area contributed by atoms with E-state index in [0.29, 0.717) is 22.0 Å². The fourth-order valence-corrected chi connectivity index (χ4v) is 3.32. The third-order valence-corrected chi connectivity index (χ3v) is 4.91. The maximum absolute atomic E-state index is 12.9. The zero-order valence-corrected chi connectivity index (χ0v) is 16.2. The van der Waals surface area contributed by atoms with Crippen molar-refractivity contribution >= 4 is 46.6 Å². The molecule has 0 unspecified atom stereocenters. The molecule has 3 rings (SSSR count). The number of hydrogen-bond acceptors (Lipinski definition) is 3. The lowest BCUT2D eigenvalue weighted by atomic mass is 10.2. The molecule has 0 bridgehead atoms. The lowest BCUT2D eigenvalue weighted by Gasteiger charge is -2.08. The smallest absolute Gasteiger partial charge is 0.255 e. The predicted molar refractivity (Wildman–Crippen MR) is 112 cm³/mol. The van der Waals surface area contributed by atoms with Gasteiger partial charge in [0.2, 0.25) is 5.91 Å². The molecule has 142 valence electrons. The lowest BCUT2D eigenvalue weighted by molar-refractivity contribution is -0.113. The molecule has 7 heteroatoms. The van der Waals surface area contributed by atoms with Crippen LogP contribution in [-0.2, 0) is 4.79 Å². The van der Waals surface area contributed by atoms with Crippen LogP contribution in [0.15, 0.2) is 77.7 Å². The van der Waals surface area contributed by atoms with Crippen LogP contribution in [0.1, 0.15) is 10.4 Å².